The first-order chi connectivity index (χ1) is 15.3. The molecule has 0 aliphatic rings. The molecule has 0 unspecified atom stereocenters. The molecular formula is C24H27N3O4S. The molecule has 1 heterocycles. The third-order valence-electron chi connectivity index (χ3n) is 4.80. The quantitative estimate of drug-likeness (QED) is 0.506. The molecule has 7 nitrogen and oxygen atoms in total. The van der Waals surface area contributed by atoms with Crippen LogP contribution in [0.3, 0.4) is 0 Å². The Morgan fingerprint density at radius 2 is 1.81 bits per heavy atom. The molecule has 1 aromatic heterocycles. The smallest absolute Gasteiger partial charge is 0.261 e. The van der Waals surface area contributed by atoms with Crippen LogP contribution in [0.25, 0.3) is 0 Å². The van der Waals surface area contributed by atoms with E-state index in [4.69, 9.17) is 4.74 Å². The number of sulfonamides is 1. The van der Waals surface area contributed by atoms with Crippen LogP contribution in [0.15, 0.2) is 65.7 Å². The summed E-state index contributed by atoms with van der Waals surface area (Å²) in [6.45, 7) is 6.43. The summed E-state index contributed by atoms with van der Waals surface area (Å²) in [6.07, 6.45) is 2.48. The maximum atomic E-state index is 12.9. The third-order valence-corrected chi connectivity index (χ3v) is 6.18. The van der Waals surface area contributed by atoms with Crippen LogP contribution in [0.5, 0.6) is 5.88 Å². The monoisotopic (exact) mass is 453 g/mol. The molecule has 0 spiro atoms. The van der Waals surface area contributed by atoms with Gasteiger partial charge in [0, 0.05) is 29.6 Å². The number of anilines is 1. The van der Waals surface area contributed by atoms with Gasteiger partial charge in [0.25, 0.3) is 15.9 Å². The van der Waals surface area contributed by atoms with Crippen LogP contribution in [-0.2, 0) is 16.6 Å². The first-order valence-electron chi connectivity index (χ1n) is 10.3. The van der Waals surface area contributed by atoms with Gasteiger partial charge in [-0.05, 0) is 56.2 Å². The van der Waals surface area contributed by atoms with Crippen molar-refractivity contribution in [3.8, 4) is 5.88 Å². The Morgan fingerprint density at radius 1 is 1.06 bits per heavy atom. The fourth-order valence-corrected chi connectivity index (χ4v) is 4.09. The predicted octanol–water partition coefficient (Wildman–Crippen LogP) is 4.22. The van der Waals surface area contributed by atoms with E-state index in [0.717, 1.165) is 17.5 Å². The summed E-state index contributed by atoms with van der Waals surface area (Å²) in [5.74, 6) is 0.102. The topological polar surface area (TPSA) is 97.4 Å². The Balaban J connectivity index is 1.76. The van der Waals surface area contributed by atoms with Gasteiger partial charge in [-0.2, -0.15) is 0 Å². The lowest BCUT2D eigenvalue weighted by atomic mass is 10.1. The van der Waals surface area contributed by atoms with Crippen LogP contribution in [0.4, 0.5) is 5.69 Å². The summed E-state index contributed by atoms with van der Waals surface area (Å²) < 4.78 is 33.8. The number of hydrogen-bond acceptors (Lipinski definition) is 5. The van der Waals surface area contributed by atoms with Gasteiger partial charge in [0.1, 0.15) is 0 Å². The summed E-state index contributed by atoms with van der Waals surface area (Å²) in [4.78, 5) is 17.1. The van der Waals surface area contributed by atoms with Crippen molar-refractivity contribution in [1.29, 1.82) is 0 Å². The fraction of sp³-hybridized carbons (Fsp3) is 0.250. The highest BCUT2D eigenvalue weighted by atomic mass is 32.2. The Labute approximate surface area is 188 Å². The van der Waals surface area contributed by atoms with Crippen molar-refractivity contribution >= 4 is 21.6 Å². The van der Waals surface area contributed by atoms with Gasteiger partial charge >= 0.3 is 0 Å². The number of hydrogen-bond donors (Lipinski definition) is 2. The van der Waals surface area contributed by atoms with Gasteiger partial charge < -0.3 is 10.1 Å². The molecule has 1 amide bonds. The molecule has 168 valence electrons. The molecular weight excluding hydrogens is 426 g/mol. The number of carbonyl (C=O) groups is 1. The van der Waals surface area contributed by atoms with Crippen LogP contribution < -0.4 is 14.8 Å². The fourth-order valence-electron chi connectivity index (χ4n) is 3.01. The Kier molecular flexibility index (Phi) is 7.48. The number of nitrogens with one attached hydrogen (secondary N) is 2. The van der Waals surface area contributed by atoms with Crippen molar-refractivity contribution in [3.63, 3.8) is 0 Å². The standard InChI is InChI=1S/C24H27N3O4S/c1-4-14-31-24-19(6-5-13-25-24)16-26-23(28)22-15-21(12-9-18(22)3)32(29,30)27-20-10-7-17(2)8-11-20/h5-13,15,27H,4,14,16H2,1-3H3,(H,26,28). The highest BCUT2D eigenvalue weighted by molar-refractivity contribution is 7.92. The molecule has 0 aliphatic carbocycles. The second kappa shape index (κ2) is 10.3. The molecule has 0 bridgehead atoms. The van der Waals surface area contributed by atoms with E-state index in [9.17, 15) is 13.2 Å². The van der Waals surface area contributed by atoms with Gasteiger partial charge in [-0.3, -0.25) is 9.52 Å². The number of ether oxygens (including phenoxy) is 1. The van der Waals surface area contributed by atoms with E-state index in [0.29, 0.717) is 23.7 Å². The number of aromatic nitrogens is 1. The van der Waals surface area contributed by atoms with E-state index in [-0.39, 0.29) is 22.9 Å². The normalized spacial score (nSPS) is 11.1. The lowest BCUT2D eigenvalue weighted by Crippen LogP contribution is -2.24. The largest absolute Gasteiger partial charge is 0.477 e. The van der Waals surface area contributed by atoms with E-state index in [2.05, 4.69) is 15.0 Å². The Bertz CT molecular complexity index is 1190. The zero-order chi connectivity index (χ0) is 23.1. The van der Waals surface area contributed by atoms with Gasteiger partial charge in [0.2, 0.25) is 5.88 Å². The van der Waals surface area contributed by atoms with Crippen molar-refractivity contribution in [2.75, 3.05) is 11.3 Å². The SMILES string of the molecule is CCCOc1ncccc1CNC(=O)c1cc(S(=O)(=O)Nc2ccc(C)cc2)ccc1C. The minimum atomic E-state index is -3.84. The summed E-state index contributed by atoms with van der Waals surface area (Å²) in [5, 5.41) is 2.83. The lowest BCUT2D eigenvalue weighted by Gasteiger charge is -2.13. The van der Waals surface area contributed by atoms with Crippen molar-refractivity contribution in [3.05, 3.63) is 83.0 Å². The molecule has 3 aromatic rings. The molecule has 0 radical (unpaired) electrons. The van der Waals surface area contributed by atoms with E-state index in [1.807, 2.05) is 32.0 Å². The molecule has 0 aliphatic heterocycles. The third kappa shape index (κ3) is 5.85. The number of benzene rings is 2. The van der Waals surface area contributed by atoms with Gasteiger partial charge in [0.05, 0.1) is 11.5 Å². The average molecular weight is 454 g/mol. The number of aryl methyl sites for hydroxylation is 2. The summed E-state index contributed by atoms with van der Waals surface area (Å²) in [7, 11) is -3.84. The highest BCUT2D eigenvalue weighted by Crippen LogP contribution is 2.20. The lowest BCUT2D eigenvalue weighted by molar-refractivity contribution is 0.0949. The molecule has 8 heteroatoms. The van der Waals surface area contributed by atoms with Gasteiger partial charge in [-0.1, -0.05) is 36.8 Å². The van der Waals surface area contributed by atoms with E-state index in [1.165, 1.54) is 12.1 Å². The second-order valence-electron chi connectivity index (χ2n) is 7.45. The molecule has 0 fully saturated rings. The first-order valence-corrected chi connectivity index (χ1v) is 11.8. The number of rotatable bonds is 9. The number of nitrogens with zero attached hydrogens (tertiary/aromatic N) is 1. The molecule has 32 heavy (non-hydrogen) atoms. The van der Waals surface area contributed by atoms with E-state index >= 15 is 0 Å². The van der Waals surface area contributed by atoms with Gasteiger partial charge in [0.15, 0.2) is 0 Å². The van der Waals surface area contributed by atoms with Crippen molar-refractivity contribution < 1.29 is 17.9 Å². The van der Waals surface area contributed by atoms with Crippen LogP contribution in [0, 0.1) is 13.8 Å². The van der Waals surface area contributed by atoms with Gasteiger partial charge in [-0.25, -0.2) is 13.4 Å². The van der Waals surface area contributed by atoms with Crippen LogP contribution >= 0.6 is 0 Å². The maximum absolute atomic E-state index is 12.9. The van der Waals surface area contributed by atoms with Crippen molar-refractivity contribution in [2.45, 2.75) is 38.6 Å². The molecule has 2 N–H and O–H groups in total. The summed E-state index contributed by atoms with van der Waals surface area (Å²) in [6, 6.07) is 15.1. The summed E-state index contributed by atoms with van der Waals surface area (Å²) in [5.41, 5.74) is 3.19. The van der Waals surface area contributed by atoms with Crippen LogP contribution in [0.2, 0.25) is 0 Å². The first kappa shape index (κ1) is 23.3. The predicted molar refractivity (Wildman–Crippen MR) is 124 cm³/mol. The van der Waals surface area contributed by atoms with Crippen molar-refractivity contribution in [2.24, 2.45) is 0 Å². The molecule has 2 aromatic carbocycles. The number of amides is 1. The average Bonchev–Trinajstić information content (AvgIpc) is 2.78. The minimum Gasteiger partial charge on any atom is -0.477 e. The maximum Gasteiger partial charge on any atom is 0.261 e. The summed E-state index contributed by atoms with van der Waals surface area (Å²) >= 11 is 0. The van der Waals surface area contributed by atoms with E-state index < -0.39 is 10.0 Å². The second-order valence-corrected chi connectivity index (χ2v) is 9.13. The van der Waals surface area contributed by atoms with Crippen LogP contribution in [0.1, 0.15) is 40.4 Å². The molecule has 3 rings (SSSR count). The number of carbonyl (C=O) groups excluding carboxylic acids is 1. The van der Waals surface area contributed by atoms with Gasteiger partial charge in [-0.15, -0.1) is 0 Å². The molecule has 0 atom stereocenters. The molecule has 0 saturated heterocycles. The zero-order valence-corrected chi connectivity index (χ0v) is 19.2. The highest BCUT2D eigenvalue weighted by Gasteiger charge is 2.19. The van der Waals surface area contributed by atoms with Crippen molar-refractivity contribution in [1.82, 2.24) is 10.3 Å². The molecule has 0 saturated carbocycles. The van der Waals surface area contributed by atoms with E-state index in [1.54, 1.807) is 37.4 Å². The Morgan fingerprint density at radius 3 is 2.53 bits per heavy atom. The zero-order valence-electron chi connectivity index (χ0n) is 18.4. The number of pyridine rings is 1. The van der Waals surface area contributed by atoms with Crippen LogP contribution in [-0.4, -0.2) is 25.9 Å². The Hall–Kier alpha value is -3.39. The minimum absolute atomic E-state index is 0.0159.